The van der Waals surface area contributed by atoms with E-state index >= 15 is 0 Å². The minimum absolute atomic E-state index is 0.0230. The van der Waals surface area contributed by atoms with E-state index in [0.29, 0.717) is 37.9 Å². The third-order valence-electron chi connectivity index (χ3n) is 3.06. The highest BCUT2D eigenvalue weighted by Crippen LogP contribution is 2.14. The smallest absolute Gasteiger partial charge is 0.271 e. The Kier molecular flexibility index (Phi) is 4.61. The Labute approximate surface area is 121 Å². The summed E-state index contributed by atoms with van der Waals surface area (Å²) in [5, 5.41) is 3.02. The predicted octanol–water partition coefficient (Wildman–Crippen LogP) is 0.391. The van der Waals surface area contributed by atoms with Gasteiger partial charge in [-0.15, -0.1) is 0 Å². The van der Waals surface area contributed by atoms with Crippen molar-refractivity contribution in [3.63, 3.8) is 0 Å². The third kappa shape index (κ3) is 3.49. The van der Waals surface area contributed by atoms with Gasteiger partial charge in [0.2, 0.25) is 5.91 Å². The van der Waals surface area contributed by atoms with Crippen LogP contribution < -0.4 is 10.9 Å². The number of amides is 1. The number of anilines is 1. The second kappa shape index (κ2) is 6.23. The zero-order valence-electron chi connectivity index (χ0n) is 11.4. The van der Waals surface area contributed by atoms with E-state index in [2.05, 4.69) is 15.3 Å². The van der Waals surface area contributed by atoms with Crippen LogP contribution in [0.15, 0.2) is 4.79 Å². The number of ether oxygens (including phenoxy) is 1. The maximum absolute atomic E-state index is 11.5. The van der Waals surface area contributed by atoms with E-state index in [-0.39, 0.29) is 22.6 Å². The summed E-state index contributed by atoms with van der Waals surface area (Å²) in [5.74, 6) is 0.842. The first kappa shape index (κ1) is 14.8. The molecule has 0 aromatic carbocycles. The van der Waals surface area contributed by atoms with Crippen LogP contribution in [0.25, 0.3) is 0 Å². The molecule has 1 fully saturated rings. The lowest BCUT2D eigenvalue weighted by Crippen LogP contribution is -2.47. The number of nitrogens with one attached hydrogen (secondary N) is 2. The van der Waals surface area contributed by atoms with Gasteiger partial charge < -0.3 is 19.9 Å². The van der Waals surface area contributed by atoms with E-state index in [4.69, 9.17) is 16.3 Å². The lowest BCUT2D eigenvalue weighted by molar-refractivity contribution is -0.135. The first-order chi connectivity index (χ1) is 9.47. The number of morpholine rings is 1. The van der Waals surface area contributed by atoms with Crippen LogP contribution in [-0.4, -0.2) is 53.1 Å². The molecule has 1 aromatic heterocycles. The molecular weight excluding hydrogens is 284 g/mol. The molecule has 7 nitrogen and oxygen atoms in total. The molecule has 8 heteroatoms. The van der Waals surface area contributed by atoms with Crippen LogP contribution in [0.3, 0.4) is 0 Å². The molecule has 1 aliphatic rings. The summed E-state index contributed by atoms with van der Waals surface area (Å²) in [7, 11) is 0. The SMILES string of the molecule is CC(=O)N1CCOC(CNc2nc(C)[nH]c(=O)c2Cl)C1. The Morgan fingerprint density at radius 3 is 3.10 bits per heavy atom. The summed E-state index contributed by atoms with van der Waals surface area (Å²) in [6.07, 6.45) is -0.148. The molecule has 0 aliphatic carbocycles. The number of hydrogen-bond acceptors (Lipinski definition) is 5. The molecule has 2 N–H and O–H groups in total. The van der Waals surface area contributed by atoms with E-state index in [1.807, 2.05) is 0 Å². The molecule has 0 bridgehead atoms. The first-order valence-electron chi connectivity index (χ1n) is 6.34. The van der Waals surface area contributed by atoms with Crippen LogP contribution in [0.1, 0.15) is 12.7 Å². The Hall–Kier alpha value is -1.60. The highest BCUT2D eigenvalue weighted by Gasteiger charge is 2.22. The zero-order chi connectivity index (χ0) is 14.7. The van der Waals surface area contributed by atoms with Crippen LogP contribution in [0.2, 0.25) is 5.02 Å². The minimum atomic E-state index is -0.378. The monoisotopic (exact) mass is 300 g/mol. The molecule has 110 valence electrons. The molecule has 0 radical (unpaired) electrons. The molecular formula is C12H17ClN4O3. The number of nitrogens with zero attached hydrogens (tertiary/aromatic N) is 2. The van der Waals surface area contributed by atoms with Gasteiger partial charge in [-0.05, 0) is 6.92 Å². The van der Waals surface area contributed by atoms with Gasteiger partial charge >= 0.3 is 0 Å². The summed E-state index contributed by atoms with van der Waals surface area (Å²) < 4.78 is 5.57. The fourth-order valence-electron chi connectivity index (χ4n) is 2.03. The second-order valence-corrected chi connectivity index (χ2v) is 5.03. The van der Waals surface area contributed by atoms with Crippen molar-refractivity contribution in [2.75, 3.05) is 31.6 Å². The van der Waals surface area contributed by atoms with Gasteiger partial charge in [-0.1, -0.05) is 11.6 Å². The van der Waals surface area contributed by atoms with Crippen molar-refractivity contribution in [1.29, 1.82) is 0 Å². The van der Waals surface area contributed by atoms with Gasteiger partial charge in [0.05, 0.1) is 12.7 Å². The number of halogens is 1. The number of aromatic amines is 1. The molecule has 2 heterocycles. The molecule has 1 unspecified atom stereocenters. The fourth-order valence-corrected chi connectivity index (χ4v) is 2.18. The maximum atomic E-state index is 11.5. The number of aryl methyl sites for hydroxylation is 1. The molecule has 1 aliphatic heterocycles. The molecule has 1 atom stereocenters. The highest BCUT2D eigenvalue weighted by molar-refractivity contribution is 6.32. The van der Waals surface area contributed by atoms with Crippen LogP contribution in [0, 0.1) is 6.92 Å². The van der Waals surface area contributed by atoms with E-state index in [1.165, 1.54) is 6.92 Å². The Bertz CT molecular complexity index is 560. The first-order valence-corrected chi connectivity index (χ1v) is 6.72. The van der Waals surface area contributed by atoms with Crippen molar-refractivity contribution in [2.24, 2.45) is 0 Å². The van der Waals surface area contributed by atoms with E-state index < -0.39 is 0 Å². The van der Waals surface area contributed by atoms with Crippen molar-refractivity contribution in [3.8, 4) is 0 Å². The average molecular weight is 301 g/mol. The normalized spacial score (nSPS) is 18.9. The topological polar surface area (TPSA) is 87.3 Å². The van der Waals surface area contributed by atoms with Crippen molar-refractivity contribution >= 4 is 23.3 Å². The molecule has 1 amide bonds. The summed E-state index contributed by atoms with van der Waals surface area (Å²) in [6.45, 7) is 5.27. The lowest BCUT2D eigenvalue weighted by atomic mass is 10.2. The molecule has 20 heavy (non-hydrogen) atoms. The summed E-state index contributed by atoms with van der Waals surface area (Å²) in [6, 6.07) is 0. The third-order valence-corrected chi connectivity index (χ3v) is 3.41. The largest absolute Gasteiger partial charge is 0.373 e. The van der Waals surface area contributed by atoms with Crippen molar-refractivity contribution in [3.05, 3.63) is 21.2 Å². The van der Waals surface area contributed by atoms with Gasteiger partial charge in [-0.3, -0.25) is 9.59 Å². The number of rotatable bonds is 3. The number of hydrogen-bond donors (Lipinski definition) is 2. The van der Waals surface area contributed by atoms with Crippen LogP contribution in [0.5, 0.6) is 0 Å². The van der Waals surface area contributed by atoms with E-state index in [1.54, 1.807) is 11.8 Å². The Morgan fingerprint density at radius 2 is 2.40 bits per heavy atom. The van der Waals surface area contributed by atoms with Crippen LogP contribution in [0.4, 0.5) is 5.82 Å². The Morgan fingerprint density at radius 1 is 1.65 bits per heavy atom. The average Bonchev–Trinajstić information content (AvgIpc) is 2.41. The zero-order valence-corrected chi connectivity index (χ0v) is 12.2. The van der Waals surface area contributed by atoms with E-state index in [0.717, 1.165) is 0 Å². The van der Waals surface area contributed by atoms with Gasteiger partial charge in [0.15, 0.2) is 5.82 Å². The standard InChI is InChI=1S/C12H17ClN4O3/c1-7-15-11(10(13)12(19)16-7)14-5-9-6-17(8(2)18)3-4-20-9/h9H,3-6H2,1-2H3,(H2,14,15,16,19). The molecule has 1 saturated heterocycles. The maximum Gasteiger partial charge on any atom is 0.271 e. The Balaban J connectivity index is 1.99. The van der Waals surface area contributed by atoms with Gasteiger partial charge in [0.25, 0.3) is 5.56 Å². The van der Waals surface area contributed by atoms with Gasteiger partial charge in [0.1, 0.15) is 10.8 Å². The van der Waals surface area contributed by atoms with Crippen molar-refractivity contribution < 1.29 is 9.53 Å². The summed E-state index contributed by atoms with van der Waals surface area (Å²) in [4.78, 5) is 31.2. The van der Waals surface area contributed by atoms with Crippen molar-refractivity contribution in [2.45, 2.75) is 20.0 Å². The number of carbonyl (C=O) groups excluding carboxylic acids is 1. The highest BCUT2D eigenvalue weighted by atomic mass is 35.5. The molecule has 0 saturated carbocycles. The lowest BCUT2D eigenvalue weighted by Gasteiger charge is -2.32. The minimum Gasteiger partial charge on any atom is -0.373 e. The summed E-state index contributed by atoms with van der Waals surface area (Å²) in [5.41, 5.74) is -0.378. The van der Waals surface area contributed by atoms with E-state index in [9.17, 15) is 9.59 Å². The quantitative estimate of drug-likeness (QED) is 0.843. The van der Waals surface area contributed by atoms with Gasteiger partial charge in [-0.25, -0.2) is 4.98 Å². The summed E-state index contributed by atoms with van der Waals surface area (Å²) >= 11 is 5.89. The second-order valence-electron chi connectivity index (χ2n) is 4.65. The van der Waals surface area contributed by atoms with Gasteiger partial charge in [0, 0.05) is 26.6 Å². The van der Waals surface area contributed by atoms with Crippen LogP contribution in [-0.2, 0) is 9.53 Å². The number of aromatic nitrogens is 2. The number of H-pyrrole nitrogens is 1. The molecule has 0 spiro atoms. The van der Waals surface area contributed by atoms with Gasteiger partial charge in [-0.2, -0.15) is 0 Å². The molecule has 2 rings (SSSR count). The van der Waals surface area contributed by atoms with Crippen molar-refractivity contribution in [1.82, 2.24) is 14.9 Å². The fraction of sp³-hybridized carbons (Fsp3) is 0.583. The molecule has 1 aromatic rings. The predicted molar refractivity (Wildman–Crippen MR) is 75.1 cm³/mol. The number of carbonyl (C=O) groups is 1. The van der Waals surface area contributed by atoms with Crippen LogP contribution >= 0.6 is 11.6 Å².